The summed E-state index contributed by atoms with van der Waals surface area (Å²) in [6.07, 6.45) is 0. The molecule has 0 radical (unpaired) electrons. The molecule has 0 saturated heterocycles. The number of carboxylic acid groups (broad SMARTS) is 1. The molecule has 0 spiro atoms. The molecule has 0 aliphatic carbocycles. The summed E-state index contributed by atoms with van der Waals surface area (Å²) in [5, 5.41) is 8.46. The molecule has 0 saturated carbocycles. The van der Waals surface area contributed by atoms with E-state index in [9.17, 15) is 9.59 Å². The third-order valence-corrected chi connectivity index (χ3v) is 1.73. The van der Waals surface area contributed by atoms with Crippen LogP contribution >= 0.6 is 11.8 Å². The SMILES string of the molecule is CCSC(OC(C)=O)C(=O)O. The Balaban J connectivity index is 3.89. The van der Waals surface area contributed by atoms with Crippen LogP contribution in [0.3, 0.4) is 0 Å². The lowest BCUT2D eigenvalue weighted by molar-refractivity contribution is -0.156. The van der Waals surface area contributed by atoms with Crippen molar-refractivity contribution in [1.29, 1.82) is 0 Å². The average molecular weight is 178 g/mol. The second-order valence-corrected chi connectivity index (χ2v) is 3.07. The molecule has 0 bridgehead atoms. The summed E-state index contributed by atoms with van der Waals surface area (Å²) in [5.41, 5.74) is -1.06. The van der Waals surface area contributed by atoms with Crippen molar-refractivity contribution in [3.8, 4) is 0 Å². The van der Waals surface area contributed by atoms with Gasteiger partial charge in [0.15, 0.2) is 0 Å². The van der Waals surface area contributed by atoms with Crippen LogP contribution in [0.5, 0.6) is 0 Å². The van der Waals surface area contributed by atoms with Gasteiger partial charge in [-0.3, -0.25) is 4.79 Å². The first-order valence-electron chi connectivity index (χ1n) is 3.09. The van der Waals surface area contributed by atoms with Gasteiger partial charge in [-0.1, -0.05) is 6.92 Å². The number of thioether (sulfide) groups is 1. The van der Waals surface area contributed by atoms with Gasteiger partial charge in [-0.2, -0.15) is 0 Å². The molecule has 11 heavy (non-hydrogen) atoms. The Morgan fingerprint density at radius 2 is 2.18 bits per heavy atom. The van der Waals surface area contributed by atoms with Gasteiger partial charge in [0.1, 0.15) is 0 Å². The molecule has 1 atom stereocenters. The molecule has 5 heteroatoms. The lowest BCUT2D eigenvalue weighted by Crippen LogP contribution is -2.22. The molecular weight excluding hydrogens is 168 g/mol. The average Bonchev–Trinajstić information content (AvgIpc) is 1.86. The predicted molar refractivity (Wildman–Crippen MR) is 41.3 cm³/mol. The van der Waals surface area contributed by atoms with Gasteiger partial charge in [0.05, 0.1) is 0 Å². The van der Waals surface area contributed by atoms with Gasteiger partial charge in [0, 0.05) is 6.92 Å². The minimum atomic E-state index is -1.12. The fraction of sp³-hybridized carbons (Fsp3) is 0.667. The van der Waals surface area contributed by atoms with Gasteiger partial charge in [-0.25, -0.2) is 4.79 Å². The zero-order valence-electron chi connectivity index (χ0n) is 6.36. The Kier molecular flexibility index (Phi) is 4.69. The molecule has 0 fully saturated rings. The molecule has 64 valence electrons. The number of ether oxygens (including phenoxy) is 1. The molecule has 0 aliphatic heterocycles. The van der Waals surface area contributed by atoms with Crippen LogP contribution in [0, 0.1) is 0 Å². The summed E-state index contributed by atoms with van der Waals surface area (Å²) < 4.78 is 4.48. The molecule has 1 N–H and O–H groups in total. The van der Waals surface area contributed by atoms with Crippen molar-refractivity contribution < 1.29 is 19.4 Å². The first-order valence-corrected chi connectivity index (χ1v) is 4.14. The van der Waals surface area contributed by atoms with Gasteiger partial charge in [-0.05, 0) is 5.75 Å². The van der Waals surface area contributed by atoms with Gasteiger partial charge in [0.25, 0.3) is 0 Å². The zero-order valence-corrected chi connectivity index (χ0v) is 7.18. The first kappa shape index (κ1) is 10.3. The summed E-state index contributed by atoms with van der Waals surface area (Å²) >= 11 is 1.07. The van der Waals surface area contributed by atoms with E-state index in [-0.39, 0.29) is 0 Å². The zero-order chi connectivity index (χ0) is 8.85. The summed E-state index contributed by atoms with van der Waals surface area (Å²) in [7, 11) is 0. The molecule has 4 nitrogen and oxygen atoms in total. The van der Waals surface area contributed by atoms with E-state index in [2.05, 4.69) is 4.74 Å². The number of esters is 1. The van der Waals surface area contributed by atoms with Crippen LogP contribution in [-0.4, -0.2) is 28.2 Å². The van der Waals surface area contributed by atoms with E-state index < -0.39 is 17.4 Å². The summed E-state index contributed by atoms with van der Waals surface area (Å²) in [4.78, 5) is 20.7. The number of carbonyl (C=O) groups excluding carboxylic acids is 1. The van der Waals surface area contributed by atoms with Crippen molar-refractivity contribution >= 4 is 23.7 Å². The molecule has 1 unspecified atom stereocenters. The maximum Gasteiger partial charge on any atom is 0.355 e. The van der Waals surface area contributed by atoms with Crippen LogP contribution in [0.25, 0.3) is 0 Å². The number of rotatable bonds is 4. The summed E-state index contributed by atoms with van der Waals surface area (Å²) in [6, 6.07) is 0. The lowest BCUT2D eigenvalue weighted by Gasteiger charge is -2.09. The highest BCUT2D eigenvalue weighted by Gasteiger charge is 2.19. The van der Waals surface area contributed by atoms with Crippen LogP contribution < -0.4 is 0 Å². The quantitative estimate of drug-likeness (QED) is 0.507. The molecule has 0 aromatic rings. The van der Waals surface area contributed by atoms with Crippen LogP contribution in [-0.2, 0) is 14.3 Å². The molecule has 0 aliphatic rings. The Labute approximate surface area is 68.9 Å². The van der Waals surface area contributed by atoms with E-state index in [1.807, 2.05) is 0 Å². The van der Waals surface area contributed by atoms with Crippen LogP contribution in [0.15, 0.2) is 0 Å². The van der Waals surface area contributed by atoms with E-state index >= 15 is 0 Å². The number of carboxylic acids is 1. The van der Waals surface area contributed by atoms with Crippen molar-refractivity contribution in [2.45, 2.75) is 19.3 Å². The fourth-order valence-electron chi connectivity index (χ4n) is 0.458. The summed E-state index contributed by atoms with van der Waals surface area (Å²) in [6.45, 7) is 2.98. The number of hydrogen-bond donors (Lipinski definition) is 1. The van der Waals surface area contributed by atoms with E-state index in [1.54, 1.807) is 6.92 Å². The van der Waals surface area contributed by atoms with E-state index in [4.69, 9.17) is 5.11 Å². The van der Waals surface area contributed by atoms with Crippen molar-refractivity contribution in [2.75, 3.05) is 5.75 Å². The predicted octanol–water partition coefficient (Wildman–Crippen LogP) is 0.713. The maximum atomic E-state index is 10.3. The van der Waals surface area contributed by atoms with E-state index in [0.29, 0.717) is 5.75 Å². The van der Waals surface area contributed by atoms with Crippen LogP contribution in [0.1, 0.15) is 13.8 Å². The van der Waals surface area contributed by atoms with Gasteiger partial charge in [0.2, 0.25) is 5.44 Å². The van der Waals surface area contributed by atoms with E-state index in [1.165, 1.54) is 6.92 Å². The van der Waals surface area contributed by atoms with Crippen molar-refractivity contribution in [3.05, 3.63) is 0 Å². The number of aliphatic carboxylic acids is 1. The van der Waals surface area contributed by atoms with Crippen molar-refractivity contribution in [1.82, 2.24) is 0 Å². The fourth-order valence-corrected chi connectivity index (χ4v) is 1.11. The topological polar surface area (TPSA) is 63.6 Å². The number of hydrogen-bond acceptors (Lipinski definition) is 4. The third kappa shape index (κ3) is 4.66. The standard InChI is InChI=1S/C6H10O4S/c1-3-11-6(5(8)9)10-4(2)7/h6H,3H2,1-2H3,(H,8,9). The number of carbonyl (C=O) groups is 2. The molecule has 0 aromatic heterocycles. The Morgan fingerprint density at radius 1 is 1.64 bits per heavy atom. The lowest BCUT2D eigenvalue weighted by atomic mass is 10.7. The molecule has 0 aromatic carbocycles. The largest absolute Gasteiger partial charge is 0.478 e. The first-order chi connectivity index (χ1) is 5.07. The third-order valence-electron chi connectivity index (χ3n) is 0.793. The molecule has 0 amide bonds. The second-order valence-electron chi connectivity index (χ2n) is 1.73. The molecular formula is C6H10O4S. The smallest absolute Gasteiger partial charge is 0.355 e. The highest BCUT2D eigenvalue weighted by molar-refractivity contribution is 8.00. The Morgan fingerprint density at radius 3 is 2.45 bits per heavy atom. The minimum Gasteiger partial charge on any atom is -0.478 e. The Bertz CT molecular complexity index is 157. The minimum absolute atomic E-state index is 0.571. The van der Waals surface area contributed by atoms with Crippen LogP contribution in [0.2, 0.25) is 0 Å². The normalized spacial score (nSPS) is 12.2. The molecule has 0 heterocycles. The van der Waals surface area contributed by atoms with Gasteiger partial charge in [-0.15, -0.1) is 11.8 Å². The highest BCUT2D eigenvalue weighted by atomic mass is 32.2. The monoisotopic (exact) mass is 178 g/mol. The molecule has 0 rings (SSSR count). The second kappa shape index (κ2) is 5.01. The van der Waals surface area contributed by atoms with Gasteiger partial charge >= 0.3 is 11.9 Å². The Hall–Kier alpha value is -0.710. The van der Waals surface area contributed by atoms with Crippen molar-refractivity contribution in [3.63, 3.8) is 0 Å². The van der Waals surface area contributed by atoms with Crippen LogP contribution in [0.4, 0.5) is 0 Å². The highest BCUT2D eigenvalue weighted by Crippen LogP contribution is 2.11. The van der Waals surface area contributed by atoms with Gasteiger partial charge < -0.3 is 9.84 Å². The summed E-state index contributed by atoms with van der Waals surface area (Å²) in [5.74, 6) is -1.09. The van der Waals surface area contributed by atoms with Crippen molar-refractivity contribution in [2.24, 2.45) is 0 Å². The maximum absolute atomic E-state index is 10.3. The van der Waals surface area contributed by atoms with E-state index in [0.717, 1.165) is 11.8 Å².